The maximum atomic E-state index is 14.8. The van der Waals surface area contributed by atoms with Gasteiger partial charge in [-0.1, -0.05) is 85.3 Å². The Bertz CT molecular complexity index is 1560. The Morgan fingerprint density at radius 3 is 2.38 bits per heavy atom. The number of allylic oxidation sites excluding steroid dienone is 2. The minimum atomic E-state index is -0.910. The van der Waals surface area contributed by atoms with Crippen molar-refractivity contribution in [3.63, 3.8) is 0 Å². The molecule has 3 aromatic rings. The van der Waals surface area contributed by atoms with Gasteiger partial charge in [0.05, 0.1) is 18.3 Å². The fraction of sp³-hybridized carbons (Fsp3) is 0.488. The minimum absolute atomic E-state index is 0.00151. The van der Waals surface area contributed by atoms with Crippen LogP contribution in [0.2, 0.25) is 0 Å². The van der Waals surface area contributed by atoms with Crippen LogP contribution in [0.5, 0.6) is 0 Å². The van der Waals surface area contributed by atoms with Crippen LogP contribution in [-0.4, -0.2) is 88.5 Å². The van der Waals surface area contributed by atoms with Gasteiger partial charge in [-0.05, 0) is 86.1 Å². The molecule has 0 radical (unpaired) electrons. The van der Waals surface area contributed by atoms with Crippen LogP contribution in [0.15, 0.2) is 84.4 Å². The van der Waals surface area contributed by atoms with Crippen molar-refractivity contribution < 1.29 is 20.1 Å². The third-order valence-electron chi connectivity index (χ3n) is 11.5. The number of nitrogens with zero attached hydrogens (tertiary/aromatic N) is 2. The average molecular weight is 637 g/mol. The number of aliphatic hydroxyl groups is 3. The van der Waals surface area contributed by atoms with Gasteiger partial charge in [-0.2, -0.15) is 0 Å². The lowest BCUT2D eigenvalue weighted by Gasteiger charge is -2.47. The number of aliphatic hydroxyl groups excluding tert-OH is 2. The molecule has 4 atom stereocenters. The normalized spacial score (nSPS) is 27.6. The van der Waals surface area contributed by atoms with Gasteiger partial charge in [0.2, 0.25) is 0 Å². The molecule has 47 heavy (non-hydrogen) atoms. The highest BCUT2D eigenvalue weighted by molar-refractivity contribution is 6.13. The van der Waals surface area contributed by atoms with E-state index in [1.165, 1.54) is 5.57 Å². The highest BCUT2D eigenvalue weighted by Gasteiger charge is 2.57. The van der Waals surface area contributed by atoms with Crippen LogP contribution in [0.4, 0.5) is 0 Å². The zero-order chi connectivity index (χ0) is 33.0. The number of rotatable bonds is 7. The summed E-state index contributed by atoms with van der Waals surface area (Å²) in [5.41, 5.74) is 5.19. The maximum absolute atomic E-state index is 14.8. The fourth-order valence-corrected chi connectivity index (χ4v) is 8.57. The molecule has 0 amide bonds. The van der Waals surface area contributed by atoms with Gasteiger partial charge in [-0.3, -0.25) is 14.6 Å². The molecule has 6 nitrogen and oxygen atoms in total. The molecule has 3 aliphatic carbocycles. The van der Waals surface area contributed by atoms with E-state index in [2.05, 4.69) is 41.9 Å². The Morgan fingerprint density at radius 1 is 0.894 bits per heavy atom. The predicted octanol–water partition coefficient (Wildman–Crippen LogP) is 6.23. The number of hydrogen-bond acceptors (Lipinski definition) is 6. The molecular formula is C41H52N2O4. The Morgan fingerprint density at radius 2 is 1.62 bits per heavy atom. The summed E-state index contributed by atoms with van der Waals surface area (Å²) >= 11 is 0. The molecule has 0 spiro atoms. The number of fused-ring (bicyclic) bond motifs is 8. The molecule has 4 unspecified atom stereocenters. The molecule has 2 bridgehead atoms. The van der Waals surface area contributed by atoms with Gasteiger partial charge in [-0.15, -0.1) is 0 Å². The zero-order valence-electron chi connectivity index (χ0n) is 28.2. The van der Waals surface area contributed by atoms with E-state index in [1.807, 2.05) is 60.7 Å². The molecule has 250 valence electrons. The molecule has 3 aromatic carbocycles. The van der Waals surface area contributed by atoms with E-state index in [0.29, 0.717) is 43.5 Å². The largest absolute Gasteiger partial charge is 0.395 e. The summed E-state index contributed by atoms with van der Waals surface area (Å²) in [5, 5.41) is 33.2. The summed E-state index contributed by atoms with van der Waals surface area (Å²) in [6.45, 7) is 9.44. The molecule has 4 aliphatic rings. The first-order chi connectivity index (χ1) is 22.7. The van der Waals surface area contributed by atoms with Gasteiger partial charge >= 0.3 is 0 Å². The molecule has 0 aromatic heterocycles. The van der Waals surface area contributed by atoms with Crippen LogP contribution in [0, 0.1) is 5.41 Å². The number of carbonyl (C=O) groups excluding carboxylic acids is 1. The molecule has 1 saturated heterocycles. The van der Waals surface area contributed by atoms with Crippen LogP contribution in [0.1, 0.15) is 85.3 Å². The van der Waals surface area contributed by atoms with Gasteiger partial charge in [0.25, 0.3) is 0 Å². The highest BCUT2D eigenvalue weighted by Crippen LogP contribution is 2.59. The molecule has 6 heteroatoms. The van der Waals surface area contributed by atoms with Gasteiger partial charge in [0.15, 0.2) is 5.78 Å². The van der Waals surface area contributed by atoms with Crippen molar-refractivity contribution in [2.45, 2.75) is 76.4 Å². The number of benzene rings is 3. The summed E-state index contributed by atoms with van der Waals surface area (Å²) in [6, 6.07) is 24.2. The lowest BCUT2D eigenvalue weighted by molar-refractivity contribution is -0.0888. The maximum Gasteiger partial charge on any atom is 0.193 e. The molecule has 1 heterocycles. The Kier molecular flexibility index (Phi) is 10.5. The van der Waals surface area contributed by atoms with Gasteiger partial charge in [0, 0.05) is 55.8 Å². The van der Waals surface area contributed by atoms with E-state index < -0.39 is 17.1 Å². The first kappa shape index (κ1) is 33.8. The number of β-amino-alcohol motifs (C(OH)–C–C–N with tert-alkyl or cyclic N) is 2. The van der Waals surface area contributed by atoms with Crippen LogP contribution < -0.4 is 0 Å². The first-order valence-corrected chi connectivity index (χ1v) is 17.6. The summed E-state index contributed by atoms with van der Waals surface area (Å²) in [5.74, 6) is -0.00180. The lowest BCUT2D eigenvalue weighted by atomic mass is 9.64. The van der Waals surface area contributed by atoms with E-state index in [-0.39, 0.29) is 18.3 Å². The topological polar surface area (TPSA) is 84.2 Å². The van der Waals surface area contributed by atoms with Crippen molar-refractivity contribution in [2.75, 3.05) is 45.9 Å². The second-order valence-electron chi connectivity index (χ2n) is 14.5. The Hall–Kier alpha value is -3.13. The fourth-order valence-electron chi connectivity index (χ4n) is 8.57. The van der Waals surface area contributed by atoms with Crippen molar-refractivity contribution in [3.05, 3.63) is 107 Å². The molecule has 1 saturated carbocycles. The highest BCUT2D eigenvalue weighted by atomic mass is 16.3. The molecule has 3 N–H and O–H groups in total. The first-order valence-electron chi connectivity index (χ1n) is 17.6. The molecule has 1 aliphatic heterocycles. The SMILES string of the molecule is CC1=CCCC2(C)C(CCC2(O)CN2CCN(CCO)CC2)c2ccc(cc2C(=O)c2ccccc2-c2ccccc2)CC(O)CC1. The summed E-state index contributed by atoms with van der Waals surface area (Å²) < 4.78 is 0. The number of piperazine rings is 1. The summed E-state index contributed by atoms with van der Waals surface area (Å²) in [4.78, 5) is 19.5. The smallest absolute Gasteiger partial charge is 0.193 e. The minimum Gasteiger partial charge on any atom is -0.395 e. The Labute approximate surface area is 280 Å². The molecular weight excluding hydrogens is 584 g/mol. The van der Waals surface area contributed by atoms with Crippen molar-refractivity contribution in [3.8, 4) is 11.1 Å². The van der Waals surface area contributed by atoms with Crippen molar-refractivity contribution in [1.82, 2.24) is 9.80 Å². The molecule has 7 rings (SSSR count). The van der Waals surface area contributed by atoms with Gasteiger partial charge < -0.3 is 15.3 Å². The van der Waals surface area contributed by atoms with E-state index in [9.17, 15) is 20.1 Å². The van der Waals surface area contributed by atoms with Crippen LogP contribution in [0.25, 0.3) is 11.1 Å². The number of ketones is 1. The van der Waals surface area contributed by atoms with E-state index in [4.69, 9.17) is 0 Å². The Balaban J connectivity index is 1.41. The summed E-state index contributed by atoms with van der Waals surface area (Å²) in [7, 11) is 0. The van der Waals surface area contributed by atoms with Crippen molar-refractivity contribution in [1.29, 1.82) is 0 Å². The third kappa shape index (κ3) is 7.18. The standard InChI is InChI=1S/C41H52N2O4/c1-30-9-8-19-40(2)38(18-20-41(40,47)29-43-23-21-42(22-24-43)25-26-44)35-17-15-31(27-33(45)16-14-30)28-37(35)39(46)36-13-7-6-12-34(36)32-10-4-3-5-11-32/h3-7,9-13,15,17,28,33,38,44-45,47H,8,14,16,18-27,29H2,1-2H3. The lowest BCUT2D eigenvalue weighted by Crippen LogP contribution is -2.56. The van der Waals surface area contributed by atoms with Crippen LogP contribution >= 0.6 is 0 Å². The van der Waals surface area contributed by atoms with Crippen molar-refractivity contribution >= 4 is 5.78 Å². The van der Waals surface area contributed by atoms with E-state index in [1.54, 1.807) is 0 Å². The van der Waals surface area contributed by atoms with Crippen LogP contribution in [-0.2, 0) is 6.42 Å². The third-order valence-corrected chi connectivity index (χ3v) is 11.5. The monoisotopic (exact) mass is 636 g/mol. The van der Waals surface area contributed by atoms with E-state index >= 15 is 0 Å². The van der Waals surface area contributed by atoms with Gasteiger partial charge in [0.1, 0.15) is 0 Å². The summed E-state index contributed by atoms with van der Waals surface area (Å²) in [6.07, 6.45) is 6.99. The van der Waals surface area contributed by atoms with Crippen molar-refractivity contribution in [2.24, 2.45) is 5.41 Å². The quantitative estimate of drug-likeness (QED) is 0.211. The number of carbonyl (C=O) groups is 1. The van der Waals surface area contributed by atoms with E-state index in [0.717, 1.165) is 74.1 Å². The zero-order valence-corrected chi connectivity index (χ0v) is 28.2. The second kappa shape index (κ2) is 14.6. The average Bonchev–Trinajstić information content (AvgIpc) is 3.33. The second-order valence-corrected chi connectivity index (χ2v) is 14.5. The number of hydrogen-bond donors (Lipinski definition) is 3. The predicted molar refractivity (Wildman–Crippen MR) is 189 cm³/mol. The van der Waals surface area contributed by atoms with Crippen LogP contribution in [0.3, 0.4) is 0 Å². The molecule has 2 fully saturated rings. The van der Waals surface area contributed by atoms with Gasteiger partial charge in [-0.25, -0.2) is 0 Å².